The summed E-state index contributed by atoms with van der Waals surface area (Å²) in [6, 6.07) is 17.4. The molecule has 0 N–H and O–H groups in total. The van der Waals surface area contributed by atoms with Crippen molar-refractivity contribution in [3.8, 4) is 0 Å². The fourth-order valence-electron chi connectivity index (χ4n) is 1.80. The molecule has 0 nitrogen and oxygen atoms in total. The van der Waals surface area contributed by atoms with Crippen LogP contribution in [0.15, 0.2) is 48.5 Å². The van der Waals surface area contributed by atoms with Crippen molar-refractivity contribution in [1.82, 2.24) is 0 Å². The molecule has 0 aliphatic rings. The zero-order chi connectivity index (χ0) is 8.67. The highest BCUT2D eigenvalue weighted by atomic mass is 31.0. The van der Waals surface area contributed by atoms with Gasteiger partial charge in [0.15, 0.2) is 0 Å². The van der Waals surface area contributed by atoms with E-state index >= 15 is 0 Å². The van der Waals surface area contributed by atoms with Crippen LogP contribution in [-0.4, -0.2) is 0 Å². The lowest BCUT2D eigenvalue weighted by molar-refractivity contribution is 1.84. The van der Waals surface area contributed by atoms with Crippen molar-refractivity contribution >= 4 is 29.2 Å². The SMILES string of the molecule is c1ccc2c(c1)[pH]c1ccccc12. The molecule has 2 aromatic carbocycles. The lowest BCUT2D eigenvalue weighted by atomic mass is 10.2. The summed E-state index contributed by atoms with van der Waals surface area (Å²) in [7, 11) is 0.851. The number of fused-ring (bicyclic) bond motifs is 3. The maximum absolute atomic E-state index is 2.23. The molecule has 0 atom stereocenters. The molecule has 0 unspecified atom stereocenters. The van der Waals surface area contributed by atoms with Crippen LogP contribution in [0.25, 0.3) is 21.0 Å². The third-order valence-electron chi connectivity index (χ3n) is 2.41. The van der Waals surface area contributed by atoms with Gasteiger partial charge in [0.25, 0.3) is 0 Å². The largest absolute Gasteiger partial charge is 0.123 e. The maximum Gasteiger partial charge on any atom is -0.000604 e. The van der Waals surface area contributed by atoms with Gasteiger partial charge in [0.1, 0.15) is 0 Å². The van der Waals surface area contributed by atoms with Gasteiger partial charge in [-0.05, 0) is 21.0 Å². The Morgan fingerprint density at radius 3 is 1.62 bits per heavy atom. The Hall–Kier alpha value is -1.26. The van der Waals surface area contributed by atoms with Gasteiger partial charge in [0.05, 0.1) is 0 Å². The van der Waals surface area contributed by atoms with E-state index in [4.69, 9.17) is 0 Å². The highest BCUT2D eigenvalue weighted by molar-refractivity contribution is 7.43. The molecule has 1 heterocycles. The van der Waals surface area contributed by atoms with Crippen molar-refractivity contribution < 1.29 is 0 Å². The van der Waals surface area contributed by atoms with E-state index in [0.29, 0.717) is 0 Å². The van der Waals surface area contributed by atoms with Gasteiger partial charge in [-0.3, -0.25) is 0 Å². The van der Waals surface area contributed by atoms with Crippen LogP contribution in [0.4, 0.5) is 0 Å². The van der Waals surface area contributed by atoms with E-state index in [1.54, 1.807) is 0 Å². The molecule has 62 valence electrons. The van der Waals surface area contributed by atoms with Gasteiger partial charge in [0, 0.05) is 0 Å². The second-order valence-electron chi connectivity index (χ2n) is 3.22. The molecule has 0 amide bonds. The lowest BCUT2D eigenvalue weighted by Gasteiger charge is -1.89. The topological polar surface area (TPSA) is 0 Å². The summed E-state index contributed by atoms with van der Waals surface area (Å²) in [4.78, 5) is 0. The first-order valence-corrected chi connectivity index (χ1v) is 5.40. The van der Waals surface area contributed by atoms with Crippen LogP contribution < -0.4 is 0 Å². The molecular formula is C12H9P. The molecule has 0 saturated heterocycles. The summed E-state index contributed by atoms with van der Waals surface area (Å²) in [6.07, 6.45) is 0. The average Bonchev–Trinajstić information content (AvgIpc) is 2.56. The summed E-state index contributed by atoms with van der Waals surface area (Å²) >= 11 is 0. The van der Waals surface area contributed by atoms with Gasteiger partial charge < -0.3 is 0 Å². The highest BCUT2D eigenvalue weighted by Gasteiger charge is 1.99. The standard InChI is InChI=1S/C12H9P/c1-3-7-11-9(5-1)10-6-2-4-8-12(10)13-11/h1-8,13H. The molecule has 1 aromatic heterocycles. The molecule has 0 aliphatic carbocycles. The highest BCUT2D eigenvalue weighted by Crippen LogP contribution is 2.36. The fourth-order valence-corrected chi connectivity index (χ4v) is 3.15. The van der Waals surface area contributed by atoms with E-state index < -0.39 is 0 Å². The molecule has 0 radical (unpaired) electrons. The first-order chi connectivity index (χ1) is 6.45. The molecule has 0 aliphatic heterocycles. The normalized spacial score (nSPS) is 11.1. The Bertz CT molecular complexity index is 513. The lowest BCUT2D eigenvalue weighted by Crippen LogP contribution is -1.62. The van der Waals surface area contributed by atoms with Crippen LogP contribution in [0.3, 0.4) is 0 Å². The van der Waals surface area contributed by atoms with Gasteiger partial charge in [-0.1, -0.05) is 48.5 Å². The molecule has 0 bridgehead atoms. The molecule has 3 rings (SSSR count). The summed E-state index contributed by atoms with van der Waals surface area (Å²) in [5.41, 5.74) is 0. The monoisotopic (exact) mass is 184 g/mol. The van der Waals surface area contributed by atoms with E-state index in [2.05, 4.69) is 48.5 Å². The predicted molar refractivity (Wildman–Crippen MR) is 61.0 cm³/mol. The molecule has 0 fully saturated rings. The Balaban J connectivity index is 2.64. The van der Waals surface area contributed by atoms with Gasteiger partial charge in [0.2, 0.25) is 0 Å². The van der Waals surface area contributed by atoms with E-state index in [1.165, 1.54) is 21.0 Å². The number of hydrogen-bond donors (Lipinski definition) is 0. The van der Waals surface area contributed by atoms with Crippen LogP contribution in [0.2, 0.25) is 0 Å². The van der Waals surface area contributed by atoms with Crippen molar-refractivity contribution in [2.75, 3.05) is 0 Å². The zero-order valence-corrected chi connectivity index (χ0v) is 8.12. The maximum atomic E-state index is 2.23. The molecule has 0 saturated carbocycles. The first-order valence-electron chi connectivity index (χ1n) is 4.40. The third kappa shape index (κ3) is 0.993. The minimum atomic E-state index is 0.851. The molecule has 3 aromatic rings. The van der Waals surface area contributed by atoms with Crippen LogP contribution in [-0.2, 0) is 0 Å². The van der Waals surface area contributed by atoms with Crippen molar-refractivity contribution in [2.24, 2.45) is 0 Å². The van der Waals surface area contributed by atoms with E-state index in [-0.39, 0.29) is 0 Å². The predicted octanol–water partition coefficient (Wildman–Crippen LogP) is 4.02. The van der Waals surface area contributed by atoms with Crippen molar-refractivity contribution in [3.05, 3.63) is 48.5 Å². The fraction of sp³-hybridized carbons (Fsp3) is 0. The Kier molecular flexibility index (Phi) is 1.44. The minimum absolute atomic E-state index is 0.851. The minimum Gasteiger partial charge on any atom is -0.123 e. The van der Waals surface area contributed by atoms with E-state index in [1.807, 2.05) is 0 Å². The van der Waals surface area contributed by atoms with E-state index in [0.717, 1.165) is 8.19 Å². The zero-order valence-electron chi connectivity index (χ0n) is 7.12. The second-order valence-corrected chi connectivity index (χ2v) is 4.54. The number of benzene rings is 2. The van der Waals surface area contributed by atoms with E-state index in [9.17, 15) is 0 Å². The van der Waals surface area contributed by atoms with Crippen LogP contribution >= 0.6 is 8.19 Å². The number of hydrogen-bond acceptors (Lipinski definition) is 0. The summed E-state index contributed by atoms with van der Waals surface area (Å²) in [6.45, 7) is 0. The Morgan fingerprint density at radius 2 is 1.08 bits per heavy atom. The first kappa shape index (κ1) is 7.17. The van der Waals surface area contributed by atoms with Gasteiger partial charge in [-0.2, -0.15) is 0 Å². The van der Waals surface area contributed by atoms with Crippen LogP contribution in [0.1, 0.15) is 0 Å². The Morgan fingerprint density at radius 1 is 0.615 bits per heavy atom. The average molecular weight is 184 g/mol. The summed E-state index contributed by atoms with van der Waals surface area (Å²) in [5, 5.41) is 5.83. The van der Waals surface area contributed by atoms with Crippen molar-refractivity contribution in [2.45, 2.75) is 0 Å². The van der Waals surface area contributed by atoms with Gasteiger partial charge >= 0.3 is 0 Å². The van der Waals surface area contributed by atoms with Crippen LogP contribution in [0, 0.1) is 0 Å². The van der Waals surface area contributed by atoms with Crippen LogP contribution in [0.5, 0.6) is 0 Å². The molecule has 13 heavy (non-hydrogen) atoms. The molecule has 0 spiro atoms. The number of rotatable bonds is 0. The Labute approximate surface area is 78.3 Å². The van der Waals surface area contributed by atoms with Crippen molar-refractivity contribution in [3.63, 3.8) is 0 Å². The van der Waals surface area contributed by atoms with Gasteiger partial charge in [-0.15, -0.1) is 8.19 Å². The summed E-state index contributed by atoms with van der Waals surface area (Å²) in [5.74, 6) is 0. The van der Waals surface area contributed by atoms with Gasteiger partial charge in [-0.25, -0.2) is 0 Å². The third-order valence-corrected chi connectivity index (χ3v) is 3.82. The van der Waals surface area contributed by atoms with Crippen molar-refractivity contribution in [1.29, 1.82) is 0 Å². The summed E-state index contributed by atoms with van der Waals surface area (Å²) < 4.78 is 0. The molecular weight excluding hydrogens is 175 g/mol. The molecule has 1 heteroatoms. The quantitative estimate of drug-likeness (QED) is 0.495. The smallest absolute Gasteiger partial charge is 0.000604 e. The second kappa shape index (κ2) is 2.61.